The molecule has 0 aromatic heterocycles. The van der Waals surface area contributed by atoms with E-state index in [1.54, 1.807) is 0 Å². The average molecular weight is 244 g/mol. The second-order valence-electron chi connectivity index (χ2n) is 4.49. The van der Waals surface area contributed by atoms with Crippen LogP contribution in [0.5, 0.6) is 0 Å². The fraction of sp³-hybridized carbons (Fsp3) is 0.818. The van der Waals surface area contributed by atoms with E-state index >= 15 is 0 Å². The lowest BCUT2D eigenvalue weighted by atomic mass is 9.97. The lowest BCUT2D eigenvalue weighted by Crippen LogP contribution is -2.41. The van der Waals surface area contributed by atoms with Crippen molar-refractivity contribution in [1.29, 1.82) is 0 Å². The van der Waals surface area contributed by atoms with E-state index < -0.39 is 0 Å². The maximum absolute atomic E-state index is 11.4. The molecule has 92 valence electrons. The van der Waals surface area contributed by atoms with Gasteiger partial charge in [-0.25, -0.2) is 0 Å². The van der Waals surface area contributed by atoms with Gasteiger partial charge in [-0.15, -0.1) is 0 Å². The number of ether oxygens (including phenoxy) is 1. The third-order valence-electron chi connectivity index (χ3n) is 2.71. The molecule has 0 atom stereocenters. The van der Waals surface area contributed by atoms with Gasteiger partial charge in [0, 0.05) is 5.92 Å². The molecule has 1 aliphatic heterocycles. The van der Waals surface area contributed by atoms with Gasteiger partial charge in [0.1, 0.15) is 0 Å². The number of hydrogen-bond acceptors (Lipinski definition) is 4. The van der Waals surface area contributed by atoms with Crippen LogP contribution in [0.25, 0.3) is 0 Å². The molecule has 0 spiro atoms. The SMILES string of the molecule is CC(C)OC(=O)CN1CCC(C(N)=S)CC1. The van der Waals surface area contributed by atoms with Gasteiger partial charge < -0.3 is 10.5 Å². The van der Waals surface area contributed by atoms with Gasteiger partial charge in [0.25, 0.3) is 0 Å². The molecule has 0 unspecified atom stereocenters. The highest BCUT2D eigenvalue weighted by Crippen LogP contribution is 2.17. The fourth-order valence-electron chi connectivity index (χ4n) is 1.86. The number of nitrogens with two attached hydrogens (primary N) is 1. The molecule has 1 heterocycles. The Kier molecular flexibility index (Phi) is 5.15. The Morgan fingerprint density at radius 2 is 2.06 bits per heavy atom. The molecule has 1 fully saturated rings. The number of piperidine rings is 1. The first-order chi connectivity index (χ1) is 7.49. The van der Waals surface area contributed by atoms with Crippen molar-refractivity contribution in [2.45, 2.75) is 32.8 Å². The van der Waals surface area contributed by atoms with Gasteiger partial charge >= 0.3 is 5.97 Å². The molecular formula is C11H20N2O2S. The highest BCUT2D eigenvalue weighted by Gasteiger charge is 2.22. The standard InChI is InChI=1S/C11H20N2O2S/c1-8(2)15-10(14)7-13-5-3-9(4-6-13)11(12)16/h8-9H,3-7H2,1-2H3,(H2,12,16). The van der Waals surface area contributed by atoms with Gasteiger partial charge in [0.2, 0.25) is 0 Å². The number of carbonyl (C=O) groups excluding carboxylic acids is 1. The molecule has 4 nitrogen and oxygen atoms in total. The van der Waals surface area contributed by atoms with E-state index in [4.69, 9.17) is 22.7 Å². The number of nitrogens with zero attached hydrogens (tertiary/aromatic N) is 1. The Labute approximate surface area is 102 Å². The summed E-state index contributed by atoms with van der Waals surface area (Å²) in [5, 5.41) is 0. The van der Waals surface area contributed by atoms with E-state index in [2.05, 4.69) is 4.90 Å². The van der Waals surface area contributed by atoms with Crippen LogP contribution in [-0.2, 0) is 9.53 Å². The summed E-state index contributed by atoms with van der Waals surface area (Å²) in [5.41, 5.74) is 5.60. The number of hydrogen-bond donors (Lipinski definition) is 1. The second kappa shape index (κ2) is 6.15. The van der Waals surface area contributed by atoms with Crippen LogP contribution in [0.1, 0.15) is 26.7 Å². The number of esters is 1. The largest absolute Gasteiger partial charge is 0.462 e. The molecule has 0 radical (unpaired) electrons. The molecule has 1 saturated heterocycles. The van der Waals surface area contributed by atoms with Crippen molar-refractivity contribution in [3.8, 4) is 0 Å². The summed E-state index contributed by atoms with van der Waals surface area (Å²) in [7, 11) is 0. The number of thiocarbonyl (C=S) groups is 1. The van der Waals surface area contributed by atoms with Gasteiger partial charge in [-0.1, -0.05) is 12.2 Å². The topological polar surface area (TPSA) is 55.6 Å². The number of carbonyl (C=O) groups is 1. The maximum atomic E-state index is 11.4. The molecule has 0 bridgehead atoms. The van der Waals surface area contributed by atoms with Gasteiger partial charge in [0.05, 0.1) is 17.6 Å². The van der Waals surface area contributed by atoms with Crippen molar-refractivity contribution < 1.29 is 9.53 Å². The summed E-state index contributed by atoms with van der Waals surface area (Å²) in [6, 6.07) is 0. The Bertz CT molecular complexity index is 261. The molecule has 0 amide bonds. The molecule has 2 N–H and O–H groups in total. The Morgan fingerprint density at radius 1 is 1.50 bits per heavy atom. The lowest BCUT2D eigenvalue weighted by molar-refractivity contribution is -0.149. The van der Waals surface area contributed by atoms with Crippen LogP contribution in [0.3, 0.4) is 0 Å². The molecular weight excluding hydrogens is 224 g/mol. The molecule has 0 aromatic rings. The van der Waals surface area contributed by atoms with Crippen LogP contribution in [0.2, 0.25) is 0 Å². The quantitative estimate of drug-likeness (QED) is 0.589. The van der Waals surface area contributed by atoms with Crippen molar-refractivity contribution in [1.82, 2.24) is 4.90 Å². The number of rotatable bonds is 4. The summed E-state index contributed by atoms with van der Waals surface area (Å²) in [6.07, 6.45) is 1.86. The minimum absolute atomic E-state index is 0.0401. The van der Waals surface area contributed by atoms with Crippen LogP contribution in [-0.4, -0.2) is 41.6 Å². The molecule has 0 aromatic carbocycles. The average Bonchev–Trinajstić information content (AvgIpc) is 2.16. The van der Waals surface area contributed by atoms with Gasteiger partial charge in [-0.3, -0.25) is 9.69 Å². The minimum Gasteiger partial charge on any atom is -0.462 e. The first-order valence-electron chi connectivity index (χ1n) is 5.70. The fourth-order valence-corrected chi connectivity index (χ4v) is 2.09. The van der Waals surface area contributed by atoms with Gasteiger partial charge in [-0.2, -0.15) is 0 Å². The molecule has 1 rings (SSSR count). The first-order valence-corrected chi connectivity index (χ1v) is 6.11. The minimum atomic E-state index is -0.149. The van der Waals surface area contributed by atoms with Gasteiger partial charge in [-0.05, 0) is 39.8 Å². The second-order valence-corrected chi connectivity index (χ2v) is 4.96. The summed E-state index contributed by atoms with van der Waals surface area (Å²) in [6.45, 7) is 5.83. The molecule has 0 aliphatic carbocycles. The Hall–Kier alpha value is -0.680. The third kappa shape index (κ3) is 4.45. The molecule has 5 heteroatoms. The summed E-state index contributed by atoms with van der Waals surface area (Å²) >= 11 is 4.97. The van der Waals surface area contributed by atoms with Crippen LogP contribution < -0.4 is 5.73 Å². The van der Waals surface area contributed by atoms with E-state index in [-0.39, 0.29) is 12.1 Å². The zero-order valence-electron chi connectivity index (χ0n) is 9.94. The van der Waals surface area contributed by atoms with Crippen molar-refractivity contribution in [3.63, 3.8) is 0 Å². The smallest absolute Gasteiger partial charge is 0.320 e. The van der Waals surface area contributed by atoms with Crippen molar-refractivity contribution in [2.75, 3.05) is 19.6 Å². The third-order valence-corrected chi connectivity index (χ3v) is 3.04. The monoisotopic (exact) mass is 244 g/mol. The van der Waals surface area contributed by atoms with E-state index in [0.29, 0.717) is 17.5 Å². The number of likely N-dealkylation sites (tertiary alicyclic amines) is 1. The van der Waals surface area contributed by atoms with Crippen LogP contribution in [0.4, 0.5) is 0 Å². The van der Waals surface area contributed by atoms with E-state index in [1.807, 2.05) is 13.8 Å². The zero-order valence-corrected chi connectivity index (χ0v) is 10.8. The Morgan fingerprint density at radius 3 is 2.50 bits per heavy atom. The van der Waals surface area contributed by atoms with Crippen molar-refractivity contribution in [2.24, 2.45) is 11.7 Å². The van der Waals surface area contributed by atoms with E-state index in [9.17, 15) is 4.79 Å². The van der Waals surface area contributed by atoms with Gasteiger partial charge in [0.15, 0.2) is 0 Å². The highest BCUT2D eigenvalue weighted by molar-refractivity contribution is 7.80. The van der Waals surface area contributed by atoms with Crippen LogP contribution in [0.15, 0.2) is 0 Å². The van der Waals surface area contributed by atoms with E-state index in [1.165, 1.54) is 0 Å². The normalized spacial score (nSPS) is 18.7. The molecule has 1 aliphatic rings. The molecule has 16 heavy (non-hydrogen) atoms. The predicted molar refractivity (Wildman–Crippen MR) is 67.2 cm³/mol. The molecule has 0 saturated carbocycles. The van der Waals surface area contributed by atoms with Crippen molar-refractivity contribution >= 4 is 23.2 Å². The summed E-state index contributed by atoms with van der Waals surface area (Å²) < 4.78 is 5.10. The zero-order chi connectivity index (χ0) is 12.1. The highest BCUT2D eigenvalue weighted by atomic mass is 32.1. The van der Waals surface area contributed by atoms with Crippen LogP contribution >= 0.6 is 12.2 Å². The lowest BCUT2D eigenvalue weighted by Gasteiger charge is -2.30. The first kappa shape index (κ1) is 13.4. The van der Waals surface area contributed by atoms with Crippen molar-refractivity contribution in [3.05, 3.63) is 0 Å². The summed E-state index contributed by atoms with van der Waals surface area (Å²) in [5.74, 6) is 0.191. The van der Waals surface area contributed by atoms with E-state index in [0.717, 1.165) is 25.9 Å². The predicted octanol–water partition coefficient (Wildman–Crippen LogP) is 0.936. The maximum Gasteiger partial charge on any atom is 0.320 e. The Balaban J connectivity index is 2.26. The van der Waals surface area contributed by atoms with Crippen LogP contribution in [0, 0.1) is 5.92 Å². The summed E-state index contributed by atoms with van der Waals surface area (Å²) in [4.78, 5) is 14.1.